The fraction of sp³-hybridized carbons (Fsp3) is 0.375. The SMILES string of the molecule is Cl.NC[C@@H]1CN(Cc2csc(Cl)c2Cl)C[C@H]1c1ccccc1. The molecule has 0 bridgehead atoms. The number of benzene rings is 1. The van der Waals surface area contributed by atoms with Crippen molar-refractivity contribution in [3.05, 3.63) is 56.2 Å². The number of likely N-dealkylation sites (tertiary alicyclic amines) is 1. The molecule has 22 heavy (non-hydrogen) atoms. The van der Waals surface area contributed by atoms with Gasteiger partial charge in [-0.25, -0.2) is 0 Å². The first-order valence-electron chi connectivity index (χ1n) is 7.07. The third kappa shape index (κ3) is 3.78. The van der Waals surface area contributed by atoms with E-state index >= 15 is 0 Å². The van der Waals surface area contributed by atoms with E-state index < -0.39 is 0 Å². The van der Waals surface area contributed by atoms with E-state index in [-0.39, 0.29) is 12.4 Å². The van der Waals surface area contributed by atoms with Crippen LogP contribution in [0.2, 0.25) is 9.36 Å². The van der Waals surface area contributed by atoms with Gasteiger partial charge in [-0.15, -0.1) is 23.7 Å². The third-order valence-electron chi connectivity index (χ3n) is 4.20. The molecule has 2 nitrogen and oxygen atoms in total. The lowest BCUT2D eigenvalue weighted by Gasteiger charge is -2.16. The molecule has 0 unspecified atom stereocenters. The molecule has 2 heterocycles. The molecule has 0 radical (unpaired) electrons. The van der Waals surface area contributed by atoms with Crippen LogP contribution in [-0.4, -0.2) is 24.5 Å². The van der Waals surface area contributed by atoms with Gasteiger partial charge in [-0.05, 0) is 29.0 Å². The quantitative estimate of drug-likeness (QED) is 0.840. The predicted molar refractivity (Wildman–Crippen MR) is 98.6 cm³/mol. The number of nitrogens with two attached hydrogens (primary N) is 1. The first-order chi connectivity index (χ1) is 10.2. The van der Waals surface area contributed by atoms with Crippen molar-refractivity contribution in [2.45, 2.75) is 12.5 Å². The third-order valence-corrected chi connectivity index (χ3v) is 6.11. The first kappa shape index (κ1) is 18.1. The zero-order chi connectivity index (χ0) is 14.8. The molecule has 0 saturated carbocycles. The van der Waals surface area contributed by atoms with E-state index in [1.165, 1.54) is 16.9 Å². The van der Waals surface area contributed by atoms with Crippen molar-refractivity contribution in [2.24, 2.45) is 11.7 Å². The van der Waals surface area contributed by atoms with Crippen LogP contribution in [0.5, 0.6) is 0 Å². The largest absolute Gasteiger partial charge is 0.330 e. The Bertz CT molecular complexity index is 603. The summed E-state index contributed by atoms with van der Waals surface area (Å²) in [6.45, 7) is 3.60. The summed E-state index contributed by atoms with van der Waals surface area (Å²) in [5.74, 6) is 1.00. The Morgan fingerprint density at radius 1 is 1.18 bits per heavy atom. The van der Waals surface area contributed by atoms with E-state index in [9.17, 15) is 0 Å². The molecule has 2 atom stereocenters. The van der Waals surface area contributed by atoms with Crippen molar-refractivity contribution in [1.82, 2.24) is 4.90 Å². The molecule has 2 N–H and O–H groups in total. The average molecular weight is 378 g/mol. The molecular weight excluding hydrogens is 359 g/mol. The average Bonchev–Trinajstić information content (AvgIpc) is 3.07. The molecule has 1 saturated heterocycles. The van der Waals surface area contributed by atoms with E-state index in [1.807, 2.05) is 0 Å². The van der Waals surface area contributed by atoms with Crippen LogP contribution < -0.4 is 5.73 Å². The van der Waals surface area contributed by atoms with Crippen molar-refractivity contribution in [1.29, 1.82) is 0 Å². The number of thiophene rings is 1. The van der Waals surface area contributed by atoms with Crippen LogP contribution in [0.3, 0.4) is 0 Å². The van der Waals surface area contributed by atoms with Crippen molar-refractivity contribution in [3.63, 3.8) is 0 Å². The van der Waals surface area contributed by atoms with Gasteiger partial charge in [0.25, 0.3) is 0 Å². The molecule has 3 rings (SSSR count). The van der Waals surface area contributed by atoms with Gasteiger partial charge in [0.1, 0.15) is 4.34 Å². The summed E-state index contributed by atoms with van der Waals surface area (Å²) in [7, 11) is 0. The Hall–Kier alpha value is -0.290. The van der Waals surface area contributed by atoms with Crippen molar-refractivity contribution < 1.29 is 0 Å². The van der Waals surface area contributed by atoms with Gasteiger partial charge in [-0.3, -0.25) is 4.90 Å². The summed E-state index contributed by atoms with van der Waals surface area (Å²) in [5.41, 5.74) is 8.48. The highest BCUT2D eigenvalue weighted by molar-refractivity contribution is 7.15. The lowest BCUT2D eigenvalue weighted by Crippen LogP contribution is -2.23. The van der Waals surface area contributed by atoms with Crippen LogP contribution >= 0.6 is 46.9 Å². The Morgan fingerprint density at radius 3 is 2.50 bits per heavy atom. The van der Waals surface area contributed by atoms with E-state index in [1.54, 1.807) is 0 Å². The monoisotopic (exact) mass is 376 g/mol. The second-order valence-corrected chi connectivity index (χ2v) is 7.42. The normalized spacial score (nSPS) is 21.8. The molecule has 1 aliphatic rings. The summed E-state index contributed by atoms with van der Waals surface area (Å²) < 4.78 is 0.681. The lowest BCUT2D eigenvalue weighted by atomic mass is 9.89. The van der Waals surface area contributed by atoms with Crippen molar-refractivity contribution in [2.75, 3.05) is 19.6 Å². The minimum atomic E-state index is 0. The predicted octanol–water partition coefficient (Wildman–Crippen LogP) is 4.65. The van der Waals surface area contributed by atoms with E-state index in [4.69, 9.17) is 28.9 Å². The van der Waals surface area contributed by atoms with Crippen LogP contribution in [0.25, 0.3) is 0 Å². The van der Waals surface area contributed by atoms with E-state index in [0.717, 1.165) is 25.2 Å². The summed E-state index contributed by atoms with van der Waals surface area (Å²) in [5, 5.41) is 2.76. The van der Waals surface area contributed by atoms with Crippen LogP contribution in [0, 0.1) is 5.92 Å². The van der Waals surface area contributed by atoms with Crippen LogP contribution in [0.4, 0.5) is 0 Å². The van der Waals surface area contributed by atoms with Crippen molar-refractivity contribution >= 4 is 46.9 Å². The van der Waals surface area contributed by atoms with Crippen LogP contribution in [0.15, 0.2) is 35.7 Å². The fourth-order valence-electron chi connectivity index (χ4n) is 3.11. The van der Waals surface area contributed by atoms with Crippen LogP contribution in [-0.2, 0) is 6.54 Å². The maximum Gasteiger partial charge on any atom is 0.112 e. The summed E-state index contributed by atoms with van der Waals surface area (Å²) >= 11 is 13.8. The summed E-state index contributed by atoms with van der Waals surface area (Å²) in [6, 6.07) is 10.7. The molecule has 1 aromatic heterocycles. The molecule has 0 aliphatic carbocycles. The lowest BCUT2D eigenvalue weighted by molar-refractivity contribution is 0.317. The maximum absolute atomic E-state index is 6.24. The summed E-state index contributed by atoms with van der Waals surface area (Å²) in [4.78, 5) is 2.43. The number of hydrogen-bond donors (Lipinski definition) is 1. The highest BCUT2D eigenvalue weighted by Crippen LogP contribution is 2.36. The van der Waals surface area contributed by atoms with Crippen LogP contribution in [0.1, 0.15) is 17.0 Å². The van der Waals surface area contributed by atoms with Gasteiger partial charge in [-0.1, -0.05) is 53.5 Å². The number of hydrogen-bond acceptors (Lipinski definition) is 3. The molecule has 0 amide bonds. The van der Waals surface area contributed by atoms with Gasteiger partial charge in [0, 0.05) is 25.6 Å². The molecule has 0 spiro atoms. The molecular formula is C16H19Cl3N2S. The standard InChI is InChI=1S/C16H18Cl2N2S.ClH/c17-15-13(10-21-16(15)18)8-20-7-12(6-19)14(9-20)11-4-2-1-3-5-11;/h1-5,10,12,14H,6-9,19H2;1H/t12-,14+;/m1./s1. The topological polar surface area (TPSA) is 29.3 Å². The Kier molecular flexibility index (Phi) is 6.57. The molecule has 1 fully saturated rings. The van der Waals surface area contributed by atoms with Gasteiger partial charge in [-0.2, -0.15) is 0 Å². The Balaban J connectivity index is 0.00000176. The zero-order valence-electron chi connectivity index (χ0n) is 12.0. The van der Waals surface area contributed by atoms with E-state index in [0.29, 0.717) is 27.7 Å². The Morgan fingerprint density at radius 2 is 1.91 bits per heavy atom. The van der Waals surface area contributed by atoms with Gasteiger partial charge in [0.05, 0.1) is 5.02 Å². The van der Waals surface area contributed by atoms with Gasteiger partial charge >= 0.3 is 0 Å². The Labute approximate surface area is 151 Å². The first-order valence-corrected chi connectivity index (χ1v) is 8.71. The summed E-state index contributed by atoms with van der Waals surface area (Å²) in [6.07, 6.45) is 0. The number of rotatable bonds is 4. The molecule has 1 aliphatic heterocycles. The van der Waals surface area contributed by atoms with Gasteiger partial charge in [0.2, 0.25) is 0 Å². The van der Waals surface area contributed by atoms with Gasteiger partial charge < -0.3 is 5.73 Å². The van der Waals surface area contributed by atoms with Gasteiger partial charge in [0.15, 0.2) is 0 Å². The maximum atomic E-state index is 6.24. The smallest absolute Gasteiger partial charge is 0.112 e. The highest BCUT2D eigenvalue weighted by atomic mass is 35.5. The molecule has 120 valence electrons. The second-order valence-electron chi connectivity index (χ2n) is 5.56. The fourth-order valence-corrected chi connectivity index (χ4v) is 4.35. The number of halogens is 3. The minimum absolute atomic E-state index is 0. The second kappa shape index (κ2) is 8.00. The van der Waals surface area contributed by atoms with E-state index in [2.05, 4.69) is 40.6 Å². The zero-order valence-corrected chi connectivity index (χ0v) is 15.2. The molecule has 6 heteroatoms. The molecule has 1 aromatic carbocycles. The molecule has 2 aromatic rings. The minimum Gasteiger partial charge on any atom is -0.330 e. The highest BCUT2D eigenvalue weighted by Gasteiger charge is 2.33. The number of nitrogens with zero attached hydrogens (tertiary/aromatic N) is 1. The van der Waals surface area contributed by atoms with Crippen molar-refractivity contribution in [3.8, 4) is 0 Å².